The van der Waals surface area contributed by atoms with Crippen molar-refractivity contribution in [3.63, 3.8) is 0 Å². The van der Waals surface area contributed by atoms with E-state index in [0.29, 0.717) is 17.5 Å². The number of aromatic nitrogens is 2. The zero-order valence-electron chi connectivity index (χ0n) is 7.74. The first kappa shape index (κ1) is 10.8. The molecule has 2 N–H and O–H groups in total. The molecule has 0 unspecified atom stereocenters. The molecule has 5 heteroatoms. The summed E-state index contributed by atoms with van der Waals surface area (Å²) < 4.78 is 5.31. The molecular formula is C9H12ClN3O. The summed E-state index contributed by atoms with van der Waals surface area (Å²) in [5.74, 6) is 0.497. The number of rotatable bonds is 5. The molecule has 0 saturated heterocycles. The zero-order chi connectivity index (χ0) is 10.4. The summed E-state index contributed by atoms with van der Waals surface area (Å²) in [5.41, 5.74) is 5.38. The Kier molecular flexibility index (Phi) is 4.19. The van der Waals surface area contributed by atoms with E-state index >= 15 is 0 Å². The van der Waals surface area contributed by atoms with Crippen molar-refractivity contribution in [2.75, 3.05) is 12.3 Å². The third-order valence-electron chi connectivity index (χ3n) is 1.52. The van der Waals surface area contributed by atoms with Crippen molar-refractivity contribution in [2.45, 2.75) is 12.8 Å². The van der Waals surface area contributed by atoms with Crippen LogP contribution < -0.4 is 10.5 Å². The molecule has 1 aromatic rings. The molecule has 1 rings (SSSR count). The summed E-state index contributed by atoms with van der Waals surface area (Å²) in [6, 6.07) is 0. The third-order valence-corrected chi connectivity index (χ3v) is 1.78. The van der Waals surface area contributed by atoms with Gasteiger partial charge in [-0.2, -0.15) is 4.98 Å². The second-order valence-electron chi connectivity index (χ2n) is 2.66. The number of nitrogen functional groups attached to an aromatic ring is 1. The summed E-state index contributed by atoms with van der Waals surface area (Å²) in [4.78, 5) is 7.58. The Balaban J connectivity index is 2.49. The van der Waals surface area contributed by atoms with Crippen LogP contribution in [0.2, 0.25) is 5.02 Å². The quantitative estimate of drug-likeness (QED) is 0.601. The predicted molar refractivity (Wildman–Crippen MR) is 56.4 cm³/mol. The maximum atomic E-state index is 5.78. The molecule has 1 aromatic heterocycles. The molecule has 0 bridgehead atoms. The van der Waals surface area contributed by atoms with Crippen molar-refractivity contribution in [3.8, 4) is 5.88 Å². The lowest BCUT2D eigenvalue weighted by molar-refractivity contribution is 0.300. The van der Waals surface area contributed by atoms with Crippen LogP contribution in [-0.2, 0) is 0 Å². The van der Waals surface area contributed by atoms with Crippen LogP contribution in [0.25, 0.3) is 0 Å². The lowest BCUT2D eigenvalue weighted by Crippen LogP contribution is -2.02. The normalized spacial score (nSPS) is 9.79. The fourth-order valence-electron chi connectivity index (χ4n) is 0.862. The second kappa shape index (κ2) is 5.44. The minimum atomic E-state index is 0.160. The number of ether oxygens (including phenoxy) is 1. The van der Waals surface area contributed by atoms with Gasteiger partial charge in [0.15, 0.2) is 0 Å². The summed E-state index contributed by atoms with van der Waals surface area (Å²) in [6.07, 6.45) is 5.04. The van der Waals surface area contributed by atoms with Crippen LogP contribution in [0, 0.1) is 0 Å². The monoisotopic (exact) mass is 213 g/mol. The van der Waals surface area contributed by atoms with Gasteiger partial charge in [-0.25, -0.2) is 4.98 Å². The van der Waals surface area contributed by atoms with Crippen molar-refractivity contribution < 1.29 is 4.74 Å². The zero-order valence-corrected chi connectivity index (χ0v) is 8.50. The third kappa shape index (κ3) is 3.22. The number of allylic oxidation sites excluding steroid dienone is 1. The van der Waals surface area contributed by atoms with Gasteiger partial charge in [0.05, 0.1) is 12.8 Å². The second-order valence-corrected chi connectivity index (χ2v) is 3.07. The van der Waals surface area contributed by atoms with Gasteiger partial charge in [-0.15, -0.1) is 6.58 Å². The average Bonchev–Trinajstić information content (AvgIpc) is 2.18. The van der Waals surface area contributed by atoms with Gasteiger partial charge >= 0.3 is 0 Å². The first-order valence-corrected chi connectivity index (χ1v) is 4.63. The molecule has 1 heterocycles. The minimum Gasteiger partial charge on any atom is -0.476 e. The van der Waals surface area contributed by atoms with Crippen molar-refractivity contribution in [1.82, 2.24) is 9.97 Å². The number of hydrogen-bond donors (Lipinski definition) is 1. The van der Waals surface area contributed by atoms with Crippen LogP contribution >= 0.6 is 11.6 Å². The number of halogens is 1. The van der Waals surface area contributed by atoms with E-state index in [1.54, 1.807) is 0 Å². The Hall–Kier alpha value is -1.29. The van der Waals surface area contributed by atoms with Crippen molar-refractivity contribution in [3.05, 3.63) is 23.9 Å². The van der Waals surface area contributed by atoms with Gasteiger partial charge in [-0.1, -0.05) is 17.7 Å². The lowest BCUT2D eigenvalue weighted by atomic mass is 10.3. The number of unbranched alkanes of at least 4 members (excludes halogenated alkanes) is 1. The molecule has 0 aliphatic heterocycles. The fourth-order valence-corrected chi connectivity index (χ4v) is 1.01. The highest BCUT2D eigenvalue weighted by molar-refractivity contribution is 6.31. The van der Waals surface area contributed by atoms with E-state index in [-0.39, 0.29) is 5.95 Å². The topological polar surface area (TPSA) is 61.0 Å². The standard InChI is InChI=1S/C9H12ClN3O/c1-2-3-4-5-14-8-7(10)6-12-9(11)13-8/h2,6H,1,3-5H2,(H2,11,12,13). The van der Waals surface area contributed by atoms with Crippen LogP contribution in [0.3, 0.4) is 0 Å². The molecule has 0 aliphatic rings. The van der Waals surface area contributed by atoms with Crippen LogP contribution in [-0.4, -0.2) is 16.6 Å². The van der Waals surface area contributed by atoms with Gasteiger partial charge in [0.2, 0.25) is 11.8 Å². The van der Waals surface area contributed by atoms with Gasteiger partial charge < -0.3 is 10.5 Å². The predicted octanol–water partition coefficient (Wildman–Crippen LogP) is 2.06. The molecule has 0 fully saturated rings. The first-order chi connectivity index (χ1) is 6.74. The number of hydrogen-bond acceptors (Lipinski definition) is 4. The molecule has 0 atom stereocenters. The molecule has 0 saturated carbocycles. The number of nitrogens with zero attached hydrogens (tertiary/aromatic N) is 2. The Morgan fingerprint density at radius 3 is 3.14 bits per heavy atom. The molecule has 4 nitrogen and oxygen atoms in total. The smallest absolute Gasteiger partial charge is 0.237 e. The van der Waals surface area contributed by atoms with E-state index in [1.165, 1.54) is 6.20 Å². The van der Waals surface area contributed by atoms with E-state index < -0.39 is 0 Å². The van der Waals surface area contributed by atoms with E-state index in [0.717, 1.165) is 12.8 Å². The Bertz CT molecular complexity index is 317. The van der Waals surface area contributed by atoms with Crippen LogP contribution in [0.1, 0.15) is 12.8 Å². The number of anilines is 1. The van der Waals surface area contributed by atoms with E-state index in [4.69, 9.17) is 22.1 Å². The van der Waals surface area contributed by atoms with Crippen molar-refractivity contribution in [2.24, 2.45) is 0 Å². The molecule has 0 amide bonds. The maximum Gasteiger partial charge on any atom is 0.237 e. The Labute approximate surface area is 87.8 Å². The largest absolute Gasteiger partial charge is 0.476 e. The van der Waals surface area contributed by atoms with E-state index in [9.17, 15) is 0 Å². The van der Waals surface area contributed by atoms with Gasteiger partial charge in [0.25, 0.3) is 0 Å². The summed E-state index contributed by atoms with van der Waals surface area (Å²) >= 11 is 5.78. The molecular weight excluding hydrogens is 202 g/mol. The van der Waals surface area contributed by atoms with Gasteiger partial charge in [0, 0.05) is 0 Å². The minimum absolute atomic E-state index is 0.160. The first-order valence-electron chi connectivity index (χ1n) is 4.25. The fraction of sp³-hybridized carbons (Fsp3) is 0.333. The summed E-state index contributed by atoms with van der Waals surface area (Å²) in [6.45, 7) is 4.15. The SMILES string of the molecule is C=CCCCOc1nc(N)ncc1Cl. The van der Waals surface area contributed by atoms with E-state index in [2.05, 4.69) is 16.5 Å². The van der Waals surface area contributed by atoms with Gasteiger partial charge in [-0.3, -0.25) is 0 Å². The molecule has 0 aromatic carbocycles. The van der Waals surface area contributed by atoms with Crippen LogP contribution in [0.4, 0.5) is 5.95 Å². The Morgan fingerprint density at radius 1 is 1.64 bits per heavy atom. The van der Waals surface area contributed by atoms with Gasteiger partial charge in [-0.05, 0) is 12.8 Å². The highest BCUT2D eigenvalue weighted by atomic mass is 35.5. The molecule has 0 radical (unpaired) electrons. The average molecular weight is 214 g/mol. The van der Waals surface area contributed by atoms with Crippen molar-refractivity contribution in [1.29, 1.82) is 0 Å². The van der Waals surface area contributed by atoms with Gasteiger partial charge in [0.1, 0.15) is 5.02 Å². The maximum absolute atomic E-state index is 5.78. The molecule has 0 spiro atoms. The summed E-state index contributed by atoms with van der Waals surface area (Å²) in [5, 5.41) is 0.373. The van der Waals surface area contributed by atoms with Crippen molar-refractivity contribution >= 4 is 17.5 Å². The number of nitrogens with two attached hydrogens (primary N) is 1. The highest BCUT2D eigenvalue weighted by Gasteiger charge is 2.03. The van der Waals surface area contributed by atoms with Crippen LogP contribution in [0.15, 0.2) is 18.9 Å². The summed E-state index contributed by atoms with van der Waals surface area (Å²) in [7, 11) is 0. The Morgan fingerprint density at radius 2 is 2.43 bits per heavy atom. The molecule has 76 valence electrons. The van der Waals surface area contributed by atoms with E-state index in [1.807, 2.05) is 6.08 Å². The van der Waals surface area contributed by atoms with Crippen LogP contribution in [0.5, 0.6) is 5.88 Å². The molecule has 0 aliphatic carbocycles. The highest BCUT2D eigenvalue weighted by Crippen LogP contribution is 2.20. The lowest BCUT2D eigenvalue weighted by Gasteiger charge is -2.05. The molecule has 14 heavy (non-hydrogen) atoms.